The van der Waals surface area contributed by atoms with Gasteiger partial charge in [-0.3, -0.25) is 9.59 Å². The zero-order chi connectivity index (χ0) is 16.3. The number of para-hydroxylation sites is 1. The maximum absolute atomic E-state index is 12.1. The highest BCUT2D eigenvalue weighted by molar-refractivity contribution is 9.10. The number of benzene rings is 1. The van der Waals surface area contributed by atoms with Crippen LogP contribution in [0.2, 0.25) is 0 Å². The van der Waals surface area contributed by atoms with Gasteiger partial charge in [0.25, 0.3) is 5.91 Å². The Kier molecular flexibility index (Phi) is 5.03. The predicted molar refractivity (Wildman–Crippen MR) is 87.9 cm³/mol. The summed E-state index contributed by atoms with van der Waals surface area (Å²) < 4.78 is 5.67. The topological polar surface area (TPSA) is 62.6 Å². The number of carbonyl (C=O) groups excluding carboxylic acids is 2. The number of hydrogen-bond donors (Lipinski definition) is 1. The third kappa shape index (κ3) is 3.76. The first-order valence-electron chi connectivity index (χ1n) is 6.75. The molecule has 0 unspecified atom stereocenters. The molecule has 0 saturated carbocycles. The molecular weight excluding hydrogens is 348 g/mol. The van der Waals surface area contributed by atoms with E-state index >= 15 is 0 Å². The van der Waals surface area contributed by atoms with Crippen molar-refractivity contribution in [3.05, 3.63) is 51.9 Å². The van der Waals surface area contributed by atoms with Crippen molar-refractivity contribution in [2.24, 2.45) is 0 Å². The third-order valence-corrected chi connectivity index (χ3v) is 3.68. The van der Waals surface area contributed by atoms with Gasteiger partial charge in [-0.15, -0.1) is 0 Å². The summed E-state index contributed by atoms with van der Waals surface area (Å²) in [5.74, 6) is -0.407. The van der Waals surface area contributed by atoms with Crippen LogP contribution in [0.25, 0.3) is 0 Å². The summed E-state index contributed by atoms with van der Waals surface area (Å²) in [5.41, 5.74) is 2.75. The third-order valence-electron chi connectivity index (χ3n) is 3.26. The summed E-state index contributed by atoms with van der Waals surface area (Å²) in [6, 6.07) is 8.99. The maximum Gasteiger partial charge on any atom is 0.289 e. The molecule has 6 heteroatoms. The monoisotopic (exact) mass is 364 g/mol. The Morgan fingerprint density at radius 3 is 2.36 bits per heavy atom. The molecule has 2 rings (SSSR count). The van der Waals surface area contributed by atoms with Gasteiger partial charge in [-0.25, -0.2) is 0 Å². The lowest BCUT2D eigenvalue weighted by Gasteiger charge is -2.17. The van der Waals surface area contributed by atoms with Crippen LogP contribution in [0.15, 0.2) is 39.4 Å². The Morgan fingerprint density at radius 1 is 1.18 bits per heavy atom. The first kappa shape index (κ1) is 16.3. The minimum absolute atomic E-state index is 0.0507. The number of nitrogens with zero attached hydrogens (tertiary/aromatic N) is 1. The van der Waals surface area contributed by atoms with Gasteiger partial charge < -0.3 is 14.6 Å². The molecule has 0 spiro atoms. The second-order valence-electron chi connectivity index (χ2n) is 5.08. The number of rotatable bonds is 4. The van der Waals surface area contributed by atoms with E-state index < -0.39 is 0 Å². The van der Waals surface area contributed by atoms with Crippen LogP contribution in [0.3, 0.4) is 0 Å². The molecule has 0 aliphatic rings. The van der Waals surface area contributed by atoms with Crippen molar-refractivity contribution in [1.29, 1.82) is 0 Å². The van der Waals surface area contributed by atoms with Crippen LogP contribution >= 0.6 is 15.9 Å². The van der Waals surface area contributed by atoms with Crippen molar-refractivity contribution < 1.29 is 14.0 Å². The molecule has 2 amide bonds. The molecule has 116 valence electrons. The van der Waals surface area contributed by atoms with E-state index in [1.807, 2.05) is 32.0 Å². The fourth-order valence-electron chi connectivity index (χ4n) is 2.10. The quantitative estimate of drug-likeness (QED) is 0.904. The lowest BCUT2D eigenvalue weighted by Crippen LogP contribution is -2.35. The maximum atomic E-state index is 12.1. The molecule has 0 bridgehead atoms. The molecule has 0 aliphatic carbocycles. The summed E-state index contributed by atoms with van der Waals surface area (Å²) in [5, 5.41) is 2.85. The number of anilines is 1. The minimum atomic E-state index is -0.345. The lowest BCUT2D eigenvalue weighted by atomic mass is 10.1. The molecule has 0 fully saturated rings. The van der Waals surface area contributed by atoms with Crippen LogP contribution < -0.4 is 5.32 Å². The van der Waals surface area contributed by atoms with Crippen molar-refractivity contribution in [2.75, 3.05) is 18.9 Å². The van der Waals surface area contributed by atoms with E-state index in [1.165, 1.54) is 4.90 Å². The van der Waals surface area contributed by atoms with E-state index in [4.69, 9.17) is 4.42 Å². The number of carbonyl (C=O) groups is 2. The summed E-state index contributed by atoms with van der Waals surface area (Å²) in [4.78, 5) is 25.5. The van der Waals surface area contributed by atoms with Crippen LogP contribution in [0.4, 0.5) is 5.69 Å². The molecule has 1 heterocycles. The van der Waals surface area contributed by atoms with E-state index in [2.05, 4.69) is 21.2 Å². The van der Waals surface area contributed by atoms with Gasteiger partial charge in [0.1, 0.15) is 0 Å². The molecule has 0 radical (unpaired) electrons. The Labute approximate surface area is 137 Å². The van der Waals surface area contributed by atoms with E-state index in [9.17, 15) is 9.59 Å². The number of amides is 2. The molecule has 0 atom stereocenters. The van der Waals surface area contributed by atoms with Gasteiger partial charge in [-0.1, -0.05) is 18.2 Å². The first-order chi connectivity index (χ1) is 10.4. The molecule has 1 aromatic heterocycles. The van der Waals surface area contributed by atoms with Crippen LogP contribution in [0.1, 0.15) is 21.7 Å². The molecule has 1 N–H and O–H groups in total. The van der Waals surface area contributed by atoms with Gasteiger partial charge in [-0.05, 0) is 53.0 Å². The summed E-state index contributed by atoms with van der Waals surface area (Å²) in [6.45, 7) is 3.81. The normalized spacial score (nSPS) is 10.4. The van der Waals surface area contributed by atoms with E-state index in [-0.39, 0.29) is 24.1 Å². The summed E-state index contributed by atoms with van der Waals surface area (Å²) in [6.07, 6.45) is 0. The summed E-state index contributed by atoms with van der Waals surface area (Å²) >= 11 is 3.14. The van der Waals surface area contributed by atoms with Crippen molar-refractivity contribution in [1.82, 2.24) is 4.90 Å². The highest BCUT2D eigenvalue weighted by Gasteiger charge is 2.18. The zero-order valence-corrected chi connectivity index (χ0v) is 14.2. The van der Waals surface area contributed by atoms with Crippen LogP contribution in [0.5, 0.6) is 0 Å². The average Bonchev–Trinajstić information content (AvgIpc) is 2.88. The minimum Gasteiger partial charge on any atom is -0.444 e. The van der Waals surface area contributed by atoms with Crippen molar-refractivity contribution in [2.45, 2.75) is 13.8 Å². The summed E-state index contributed by atoms with van der Waals surface area (Å²) in [7, 11) is 1.56. The SMILES string of the molecule is Cc1cccc(C)c1NC(=O)CN(C)C(=O)c1ccc(Br)o1. The van der Waals surface area contributed by atoms with Gasteiger partial charge in [0, 0.05) is 12.7 Å². The van der Waals surface area contributed by atoms with Gasteiger partial charge in [0.2, 0.25) is 5.91 Å². The molecular formula is C16H17BrN2O3. The number of furan rings is 1. The number of nitrogens with one attached hydrogen (secondary N) is 1. The highest BCUT2D eigenvalue weighted by atomic mass is 79.9. The van der Waals surface area contributed by atoms with Gasteiger partial charge in [-0.2, -0.15) is 0 Å². The Morgan fingerprint density at radius 2 is 1.82 bits per heavy atom. The average molecular weight is 365 g/mol. The fraction of sp³-hybridized carbons (Fsp3) is 0.250. The standard InChI is InChI=1S/C16H17BrN2O3/c1-10-5-4-6-11(2)15(10)18-14(20)9-19(3)16(21)12-7-8-13(17)22-12/h4-8H,9H2,1-3H3,(H,18,20). The van der Waals surface area contributed by atoms with E-state index in [0.29, 0.717) is 4.67 Å². The predicted octanol–water partition coefficient (Wildman–Crippen LogP) is 3.37. The van der Waals surface area contributed by atoms with Gasteiger partial charge in [0.05, 0.1) is 6.54 Å². The van der Waals surface area contributed by atoms with Gasteiger partial charge in [0.15, 0.2) is 10.4 Å². The first-order valence-corrected chi connectivity index (χ1v) is 7.54. The molecule has 2 aromatic rings. The lowest BCUT2D eigenvalue weighted by molar-refractivity contribution is -0.116. The zero-order valence-electron chi connectivity index (χ0n) is 12.6. The highest BCUT2D eigenvalue weighted by Crippen LogP contribution is 2.19. The van der Waals surface area contributed by atoms with Crippen LogP contribution in [-0.2, 0) is 4.79 Å². The Hall–Kier alpha value is -2.08. The molecule has 0 saturated heterocycles. The van der Waals surface area contributed by atoms with Crippen molar-refractivity contribution in [3.8, 4) is 0 Å². The number of hydrogen-bond acceptors (Lipinski definition) is 3. The molecule has 0 aliphatic heterocycles. The van der Waals surface area contributed by atoms with E-state index in [0.717, 1.165) is 16.8 Å². The number of halogens is 1. The van der Waals surface area contributed by atoms with E-state index in [1.54, 1.807) is 19.2 Å². The largest absolute Gasteiger partial charge is 0.444 e. The van der Waals surface area contributed by atoms with Crippen LogP contribution in [0, 0.1) is 13.8 Å². The molecule has 22 heavy (non-hydrogen) atoms. The Bertz CT molecular complexity index is 689. The van der Waals surface area contributed by atoms with Gasteiger partial charge >= 0.3 is 0 Å². The Balaban J connectivity index is 2.01. The van der Waals surface area contributed by atoms with Crippen molar-refractivity contribution >= 4 is 33.4 Å². The fourth-order valence-corrected chi connectivity index (χ4v) is 2.40. The number of aryl methyl sites for hydroxylation is 2. The molecule has 1 aromatic carbocycles. The number of likely N-dealkylation sites (N-methyl/N-ethyl adjacent to an activating group) is 1. The molecule has 5 nitrogen and oxygen atoms in total. The van der Waals surface area contributed by atoms with Crippen LogP contribution in [-0.4, -0.2) is 30.3 Å². The van der Waals surface area contributed by atoms with Crippen molar-refractivity contribution in [3.63, 3.8) is 0 Å². The second-order valence-corrected chi connectivity index (χ2v) is 5.86. The smallest absolute Gasteiger partial charge is 0.289 e. The second kappa shape index (κ2) is 6.79.